The van der Waals surface area contributed by atoms with Gasteiger partial charge in [0, 0.05) is 6.42 Å². The van der Waals surface area contributed by atoms with Crippen molar-refractivity contribution in [2.45, 2.75) is 6.42 Å². The smallest absolute Gasteiger partial charge is 0.241 e. The van der Waals surface area contributed by atoms with Crippen LogP contribution in [0, 0.1) is 5.82 Å². The number of hydrogen-bond acceptors (Lipinski definition) is 4. The summed E-state index contributed by atoms with van der Waals surface area (Å²) in [5.41, 5.74) is 0.933. The molecule has 0 aliphatic carbocycles. The number of aromatic nitrogens is 2. The first-order valence-corrected chi connectivity index (χ1v) is 6.45. The van der Waals surface area contributed by atoms with Crippen molar-refractivity contribution in [2.75, 3.05) is 11.2 Å². The average molecular weight is 286 g/mol. The monoisotopic (exact) mass is 285 g/mol. The Morgan fingerprint density at radius 3 is 2.72 bits per heavy atom. The quantitative estimate of drug-likeness (QED) is 0.878. The molecule has 0 radical (unpaired) electrons. The summed E-state index contributed by atoms with van der Waals surface area (Å²) >= 11 is 6.63. The van der Waals surface area contributed by atoms with E-state index in [2.05, 4.69) is 15.5 Å². The van der Waals surface area contributed by atoms with Crippen LogP contribution < -0.4 is 5.32 Å². The van der Waals surface area contributed by atoms with E-state index in [1.54, 1.807) is 12.1 Å². The van der Waals surface area contributed by atoms with Gasteiger partial charge in [0.1, 0.15) is 16.7 Å². The molecule has 1 amide bonds. The van der Waals surface area contributed by atoms with Gasteiger partial charge in [-0.2, -0.15) is 0 Å². The third-order valence-corrected chi connectivity index (χ3v) is 3.18. The van der Waals surface area contributed by atoms with Crippen molar-refractivity contribution < 1.29 is 9.18 Å². The van der Waals surface area contributed by atoms with Crippen LogP contribution in [0.5, 0.6) is 0 Å². The predicted molar refractivity (Wildman–Crippen MR) is 68.5 cm³/mol. The second-order valence-corrected chi connectivity index (χ2v) is 4.82. The summed E-state index contributed by atoms with van der Waals surface area (Å²) in [7, 11) is 0. The van der Waals surface area contributed by atoms with E-state index in [1.165, 1.54) is 23.5 Å². The highest BCUT2D eigenvalue weighted by atomic mass is 35.5. The molecular formula is C11H9ClFN3OS. The van der Waals surface area contributed by atoms with Gasteiger partial charge in [0.25, 0.3) is 0 Å². The van der Waals surface area contributed by atoms with Crippen molar-refractivity contribution in [2.24, 2.45) is 0 Å². The Bertz CT molecular complexity index is 543. The molecule has 7 heteroatoms. The van der Waals surface area contributed by atoms with Gasteiger partial charge < -0.3 is 0 Å². The lowest BCUT2D eigenvalue weighted by Gasteiger charge is -1.96. The molecule has 2 rings (SSSR count). The predicted octanol–water partition coefficient (Wildman–Crippen LogP) is 2.45. The van der Waals surface area contributed by atoms with Crippen LogP contribution in [0.15, 0.2) is 24.3 Å². The van der Waals surface area contributed by atoms with Gasteiger partial charge in [0.05, 0.1) is 0 Å². The summed E-state index contributed by atoms with van der Waals surface area (Å²) in [5.74, 6) is -0.709. The molecule has 94 valence electrons. The summed E-state index contributed by atoms with van der Waals surface area (Å²) in [6, 6.07) is 6.17. The van der Waals surface area contributed by atoms with Gasteiger partial charge in [-0.05, 0) is 17.7 Å². The Balaban J connectivity index is 2.02. The number of alkyl halides is 1. The van der Waals surface area contributed by atoms with Gasteiger partial charge in [-0.3, -0.25) is 10.1 Å². The zero-order valence-electron chi connectivity index (χ0n) is 9.19. The lowest BCUT2D eigenvalue weighted by molar-refractivity contribution is -0.113. The maximum atomic E-state index is 12.7. The lowest BCUT2D eigenvalue weighted by atomic mass is 10.2. The molecule has 0 spiro atoms. The number of hydrogen-bond donors (Lipinski definition) is 1. The lowest BCUT2D eigenvalue weighted by Crippen LogP contribution is -2.12. The van der Waals surface area contributed by atoms with Gasteiger partial charge in [0.2, 0.25) is 11.0 Å². The first-order valence-electron chi connectivity index (χ1n) is 5.10. The highest BCUT2D eigenvalue weighted by molar-refractivity contribution is 7.15. The first-order chi connectivity index (χ1) is 8.67. The molecular weight excluding hydrogens is 277 g/mol. The van der Waals surface area contributed by atoms with E-state index in [9.17, 15) is 9.18 Å². The Hall–Kier alpha value is -1.53. The molecule has 0 bridgehead atoms. The number of halogens is 2. The number of nitrogens with one attached hydrogen (secondary N) is 1. The third-order valence-electron chi connectivity index (χ3n) is 2.10. The van der Waals surface area contributed by atoms with Crippen molar-refractivity contribution in [1.29, 1.82) is 0 Å². The number of nitrogens with zero attached hydrogens (tertiary/aromatic N) is 2. The van der Waals surface area contributed by atoms with Gasteiger partial charge in [-0.15, -0.1) is 21.8 Å². The third kappa shape index (κ3) is 3.48. The minimum Gasteiger partial charge on any atom is -0.299 e. The fraction of sp³-hybridized carbons (Fsp3) is 0.182. The maximum Gasteiger partial charge on any atom is 0.241 e. The number of amides is 1. The molecule has 1 N–H and O–H groups in total. The van der Waals surface area contributed by atoms with E-state index < -0.39 is 0 Å². The first kappa shape index (κ1) is 12.9. The van der Waals surface area contributed by atoms with E-state index in [1.807, 2.05) is 0 Å². The molecule has 0 aliphatic heterocycles. The minimum atomic E-state index is -0.318. The summed E-state index contributed by atoms with van der Waals surface area (Å²) in [6.07, 6.45) is 0.550. The molecule has 0 atom stereocenters. The summed E-state index contributed by atoms with van der Waals surface area (Å²) in [6.45, 7) is 0. The SMILES string of the molecule is O=C(CCl)Nc1nnc(Cc2ccc(F)cc2)s1. The standard InChI is InChI=1S/C11H9ClFN3OS/c12-6-9(17)14-11-16-15-10(18-11)5-7-1-3-8(13)4-2-7/h1-4H,5-6H2,(H,14,16,17). The molecule has 0 saturated carbocycles. The molecule has 1 aromatic carbocycles. The van der Waals surface area contributed by atoms with E-state index in [0.29, 0.717) is 11.6 Å². The van der Waals surface area contributed by atoms with Gasteiger partial charge in [-0.1, -0.05) is 23.5 Å². The van der Waals surface area contributed by atoms with Gasteiger partial charge >= 0.3 is 0 Å². The number of carbonyl (C=O) groups excluding carboxylic acids is 1. The Morgan fingerprint density at radius 2 is 2.06 bits per heavy atom. The number of anilines is 1. The van der Waals surface area contributed by atoms with Crippen molar-refractivity contribution in [3.63, 3.8) is 0 Å². The minimum absolute atomic E-state index is 0.118. The van der Waals surface area contributed by atoms with Crippen LogP contribution >= 0.6 is 22.9 Å². The Labute approximate surface area is 112 Å². The van der Waals surface area contributed by atoms with Crippen molar-refractivity contribution in [3.05, 3.63) is 40.7 Å². The molecule has 0 aliphatic rings. The number of carbonyl (C=O) groups is 1. The van der Waals surface area contributed by atoms with Gasteiger partial charge in [0.15, 0.2) is 0 Å². The second-order valence-electron chi connectivity index (χ2n) is 3.49. The zero-order chi connectivity index (χ0) is 13.0. The average Bonchev–Trinajstić information content (AvgIpc) is 2.79. The molecule has 0 saturated heterocycles. The van der Waals surface area contributed by atoms with Crippen molar-refractivity contribution >= 4 is 34.0 Å². The number of rotatable bonds is 4. The van der Waals surface area contributed by atoms with Gasteiger partial charge in [-0.25, -0.2) is 4.39 Å². The number of benzene rings is 1. The summed E-state index contributed by atoms with van der Waals surface area (Å²) < 4.78 is 12.7. The fourth-order valence-corrected chi connectivity index (χ4v) is 2.16. The van der Waals surface area contributed by atoms with E-state index in [4.69, 9.17) is 11.6 Å². The Morgan fingerprint density at radius 1 is 1.33 bits per heavy atom. The molecule has 18 heavy (non-hydrogen) atoms. The van der Waals surface area contributed by atoms with Crippen LogP contribution in [-0.2, 0) is 11.2 Å². The van der Waals surface area contributed by atoms with Crippen LogP contribution in [-0.4, -0.2) is 22.0 Å². The fourth-order valence-electron chi connectivity index (χ4n) is 1.31. The largest absolute Gasteiger partial charge is 0.299 e. The van der Waals surface area contributed by atoms with Crippen molar-refractivity contribution in [1.82, 2.24) is 10.2 Å². The van der Waals surface area contributed by atoms with E-state index >= 15 is 0 Å². The molecule has 1 aromatic heterocycles. The zero-order valence-corrected chi connectivity index (χ0v) is 10.8. The van der Waals surface area contributed by atoms with Crippen LogP contribution in [0.4, 0.5) is 9.52 Å². The van der Waals surface area contributed by atoms with E-state index in [0.717, 1.165) is 10.6 Å². The van der Waals surface area contributed by atoms with Crippen LogP contribution in [0.3, 0.4) is 0 Å². The van der Waals surface area contributed by atoms with E-state index in [-0.39, 0.29) is 17.6 Å². The van der Waals surface area contributed by atoms with Crippen LogP contribution in [0.1, 0.15) is 10.6 Å². The van der Waals surface area contributed by atoms with Crippen LogP contribution in [0.2, 0.25) is 0 Å². The van der Waals surface area contributed by atoms with Crippen molar-refractivity contribution in [3.8, 4) is 0 Å². The molecule has 1 heterocycles. The summed E-state index contributed by atoms with van der Waals surface area (Å²) in [4.78, 5) is 11.0. The molecule has 0 unspecified atom stereocenters. The Kier molecular flexibility index (Phi) is 4.22. The molecule has 4 nitrogen and oxygen atoms in total. The topological polar surface area (TPSA) is 54.9 Å². The normalized spacial score (nSPS) is 10.3. The molecule has 2 aromatic rings. The summed E-state index contributed by atoms with van der Waals surface area (Å²) in [5, 5.41) is 11.4. The highest BCUT2D eigenvalue weighted by Gasteiger charge is 2.07. The molecule has 0 fully saturated rings. The van der Waals surface area contributed by atoms with Crippen LogP contribution in [0.25, 0.3) is 0 Å². The second kappa shape index (κ2) is 5.88. The maximum absolute atomic E-state index is 12.7. The highest BCUT2D eigenvalue weighted by Crippen LogP contribution is 2.18.